The molecule has 1 N–H and O–H groups in total. The van der Waals surface area contributed by atoms with Crippen LogP contribution in [-0.4, -0.2) is 9.97 Å². The Kier molecular flexibility index (Phi) is 4.53. The number of benzene rings is 2. The Morgan fingerprint density at radius 1 is 1.04 bits per heavy atom. The summed E-state index contributed by atoms with van der Waals surface area (Å²) in [6.07, 6.45) is 0. The third-order valence-corrected chi connectivity index (χ3v) is 3.63. The molecule has 0 radical (unpaired) electrons. The summed E-state index contributed by atoms with van der Waals surface area (Å²) in [7, 11) is 0. The lowest BCUT2D eigenvalue weighted by molar-refractivity contribution is 0.630. The van der Waals surface area contributed by atoms with E-state index in [1.165, 1.54) is 6.07 Å². The Labute approximate surface area is 139 Å². The molecule has 3 rings (SSSR count). The second-order valence-corrected chi connectivity index (χ2v) is 5.58. The standard InChI is InChI=1S/C18H15ClFN3/c1-12-22-17(15-4-2-3-5-16(15)20)10-18(23-12)21-11-13-6-8-14(19)9-7-13/h2-10H,11H2,1H3,(H,21,22,23). The number of hydrogen-bond donors (Lipinski definition) is 1. The van der Waals surface area contributed by atoms with Crippen LogP contribution in [-0.2, 0) is 6.54 Å². The Balaban J connectivity index is 1.83. The molecule has 0 fully saturated rings. The number of nitrogens with zero attached hydrogens (tertiary/aromatic N) is 2. The summed E-state index contributed by atoms with van der Waals surface area (Å²) in [5, 5.41) is 3.94. The molecule has 116 valence electrons. The summed E-state index contributed by atoms with van der Waals surface area (Å²) in [6.45, 7) is 2.39. The molecule has 0 atom stereocenters. The van der Waals surface area contributed by atoms with Crippen LogP contribution < -0.4 is 5.32 Å². The van der Waals surface area contributed by atoms with Gasteiger partial charge in [-0.1, -0.05) is 35.9 Å². The van der Waals surface area contributed by atoms with Crippen molar-refractivity contribution < 1.29 is 4.39 Å². The number of halogens is 2. The van der Waals surface area contributed by atoms with Crippen LogP contribution in [0.25, 0.3) is 11.3 Å². The molecule has 3 nitrogen and oxygen atoms in total. The van der Waals surface area contributed by atoms with Crippen LogP contribution in [0.2, 0.25) is 5.02 Å². The van der Waals surface area contributed by atoms with Gasteiger partial charge in [0.2, 0.25) is 0 Å². The van der Waals surface area contributed by atoms with Gasteiger partial charge in [0.1, 0.15) is 17.5 Å². The van der Waals surface area contributed by atoms with E-state index in [1.807, 2.05) is 24.3 Å². The zero-order valence-electron chi connectivity index (χ0n) is 12.6. The van der Waals surface area contributed by atoms with E-state index >= 15 is 0 Å². The first-order chi connectivity index (χ1) is 11.1. The fourth-order valence-corrected chi connectivity index (χ4v) is 2.39. The van der Waals surface area contributed by atoms with Crippen molar-refractivity contribution in [3.8, 4) is 11.3 Å². The third kappa shape index (κ3) is 3.85. The van der Waals surface area contributed by atoms with Crippen LogP contribution in [0.15, 0.2) is 54.6 Å². The molecule has 1 aromatic heterocycles. The van der Waals surface area contributed by atoms with Gasteiger partial charge in [-0.15, -0.1) is 0 Å². The summed E-state index contributed by atoms with van der Waals surface area (Å²) < 4.78 is 13.9. The average Bonchev–Trinajstić information content (AvgIpc) is 2.54. The molecule has 0 saturated heterocycles. The van der Waals surface area contributed by atoms with E-state index < -0.39 is 0 Å². The Bertz CT molecular complexity index is 819. The van der Waals surface area contributed by atoms with Gasteiger partial charge >= 0.3 is 0 Å². The summed E-state index contributed by atoms with van der Waals surface area (Å²) in [4.78, 5) is 8.67. The zero-order valence-corrected chi connectivity index (χ0v) is 13.3. The molecular formula is C18H15ClFN3. The highest BCUT2D eigenvalue weighted by Gasteiger charge is 2.08. The van der Waals surface area contributed by atoms with Gasteiger partial charge in [-0.05, 0) is 36.8 Å². The van der Waals surface area contributed by atoms with Crippen molar-refractivity contribution in [2.75, 3.05) is 5.32 Å². The lowest BCUT2D eigenvalue weighted by atomic mass is 10.1. The number of hydrogen-bond acceptors (Lipinski definition) is 3. The summed E-state index contributed by atoms with van der Waals surface area (Å²) in [5.74, 6) is 0.948. The van der Waals surface area contributed by atoms with Gasteiger partial charge in [-0.25, -0.2) is 14.4 Å². The first kappa shape index (κ1) is 15.4. The Morgan fingerprint density at radius 3 is 2.52 bits per heavy atom. The molecular weight excluding hydrogens is 313 g/mol. The lowest BCUT2D eigenvalue weighted by Crippen LogP contribution is -2.04. The Hall–Kier alpha value is -2.46. The van der Waals surface area contributed by atoms with E-state index in [2.05, 4.69) is 15.3 Å². The van der Waals surface area contributed by atoms with Crippen LogP contribution in [0.3, 0.4) is 0 Å². The average molecular weight is 328 g/mol. The molecule has 1 heterocycles. The third-order valence-electron chi connectivity index (χ3n) is 3.37. The molecule has 0 saturated carbocycles. The van der Waals surface area contributed by atoms with Crippen molar-refractivity contribution in [1.29, 1.82) is 0 Å². The Morgan fingerprint density at radius 2 is 1.78 bits per heavy atom. The molecule has 0 amide bonds. The van der Waals surface area contributed by atoms with E-state index in [1.54, 1.807) is 31.2 Å². The van der Waals surface area contributed by atoms with Crippen LogP contribution in [0.4, 0.5) is 10.2 Å². The largest absolute Gasteiger partial charge is 0.366 e. The fraction of sp³-hybridized carbons (Fsp3) is 0.111. The summed E-state index contributed by atoms with van der Waals surface area (Å²) in [5.41, 5.74) is 2.11. The van der Waals surface area contributed by atoms with Crippen LogP contribution in [0.1, 0.15) is 11.4 Å². The van der Waals surface area contributed by atoms with Crippen molar-refractivity contribution in [2.24, 2.45) is 0 Å². The fourth-order valence-electron chi connectivity index (χ4n) is 2.26. The van der Waals surface area contributed by atoms with Gasteiger partial charge in [-0.2, -0.15) is 0 Å². The van der Waals surface area contributed by atoms with Crippen LogP contribution >= 0.6 is 11.6 Å². The molecule has 0 aliphatic carbocycles. The van der Waals surface area contributed by atoms with Gasteiger partial charge in [0.25, 0.3) is 0 Å². The SMILES string of the molecule is Cc1nc(NCc2ccc(Cl)cc2)cc(-c2ccccc2F)n1. The number of rotatable bonds is 4. The molecule has 3 aromatic rings. The highest BCUT2D eigenvalue weighted by atomic mass is 35.5. The molecule has 0 aliphatic heterocycles. The smallest absolute Gasteiger partial charge is 0.132 e. The minimum Gasteiger partial charge on any atom is -0.366 e. The van der Waals surface area contributed by atoms with Crippen molar-refractivity contribution in [3.63, 3.8) is 0 Å². The molecule has 0 bridgehead atoms. The van der Waals surface area contributed by atoms with E-state index in [0.717, 1.165) is 5.56 Å². The highest BCUT2D eigenvalue weighted by molar-refractivity contribution is 6.30. The first-order valence-corrected chi connectivity index (χ1v) is 7.58. The van der Waals surface area contributed by atoms with Crippen molar-refractivity contribution in [1.82, 2.24) is 9.97 Å². The second-order valence-electron chi connectivity index (χ2n) is 5.15. The lowest BCUT2D eigenvalue weighted by Gasteiger charge is -2.09. The van der Waals surface area contributed by atoms with E-state index in [-0.39, 0.29) is 5.82 Å². The van der Waals surface area contributed by atoms with Gasteiger partial charge in [0.05, 0.1) is 5.69 Å². The van der Waals surface area contributed by atoms with Crippen molar-refractivity contribution >= 4 is 17.4 Å². The quantitative estimate of drug-likeness (QED) is 0.744. The summed E-state index contributed by atoms with van der Waals surface area (Å²) in [6, 6.07) is 15.9. The second kappa shape index (κ2) is 6.75. The van der Waals surface area contributed by atoms with Crippen molar-refractivity contribution in [2.45, 2.75) is 13.5 Å². The maximum absolute atomic E-state index is 13.9. The van der Waals surface area contributed by atoms with E-state index in [4.69, 9.17) is 11.6 Å². The summed E-state index contributed by atoms with van der Waals surface area (Å²) >= 11 is 5.88. The minimum atomic E-state index is -0.297. The van der Waals surface area contributed by atoms with E-state index in [0.29, 0.717) is 34.5 Å². The number of aryl methyl sites for hydroxylation is 1. The molecule has 0 aliphatic rings. The van der Waals surface area contributed by atoms with Crippen LogP contribution in [0.5, 0.6) is 0 Å². The normalized spacial score (nSPS) is 10.6. The minimum absolute atomic E-state index is 0.297. The molecule has 23 heavy (non-hydrogen) atoms. The van der Waals surface area contributed by atoms with Gasteiger partial charge in [-0.3, -0.25) is 0 Å². The molecule has 0 unspecified atom stereocenters. The molecule has 0 spiro atoms. The van der Waals surface area contributed by atoms with Gasteiger partial charge < -0.3 is 5.32 Å². The number of aromatic nitrogens is 2. The predicted molar refractivity (Wildman–Crippen MR) is 90.9 cm³/mol. The number of anilines is 1. The topological polar surface area (TPSA) is 37.8 Å². The molecule has 5 heteroatoms. The first-order valence-electron chi connectivity index (χ1n) is 7.21. The van der Waals surface area contributed by atoms with Crippen LogP contribution in [0, 0.1) is 12.7 Å². The maximum Gasteiger partial charge on any atom is 0.132 e. The highest BCUT2D eigenvalue weighted by Crippen LogP contribution is 2.23. The van der Waals surface area contributed by atoms with E-state index in [9.17, 15) is 4.39 Å². The maximum atomic E-state index is 13.9. The predicted octanol–water partition coefficient (Wildman–Crippen LogP) is 4.86. The van der Waals surface area contributed by atoms with Crippen molar-refractivity contribution in [3.05, 3.63) is 76.8 Å². The zero-order chi connectivity index (χ0) is 16.2. The monoisotopic (exact) mass is 327 g/mol. The van der Waals surface area contributed by atoms with Gasteiger partial charge in [0.15, 0.2) is 0 Å². The molecule has 2 aromatic carbocycles. The van der Waals surface area contributed by atoms with Gasteiger partial charge in [0, 0.05) is 23.2 Å². The number of nitrogens with one attached hydrogen (secondary N) is 1.